The van der Waals surface area contributed by atoms with Crippen molar-refractivity contribution in [3.8, 4) is 5.75 Å². The lowest BCUT2D eigenvalue weighted by molar-refractivity contribution is -0.128. The van der Waals surface area contributed by atoms with Gasteiger partial charge in [0.05, 0.1) is 0 Å². The topological polar surface area (TPSA) is 26.3 Å². The summed E-state index contributed by atoms with van der Waals surface area (Å²) in [7, 11) is -1.50. The normalized spacial score (nSPS) is 11.0. The molecule has 0 saturated heterocycles. The number of rotatable bonds is 3. The highest BCUT2D eigenvalue weighted by molar-refractivity contribution is 6.89. The van der Waals surface area contributed by atoms with Crippen molar-refractivity contribution in [3.05, 3.63) is 36.4 Å². The fourth-order valence-corrected chi connectivity index (χ4v) is 3.05. The first-order valence-electron chi connectivity index (χ1n) is 5.30. The van der Waals surface area contributed by atoms with Gasteiger partial charge in [-0.05, 0) is 12.5 Å². The van der Waals surface area contributed by atoms with Crippen LogP contribution in [0.25, 0.3) is 0 Å². The van der Waals surface area contributed by atoms with Crippen molar-refractivity contribution in [3.63, 3.8) is 0 Å². The van der Waals surface area contributed by atoms with E-state index in [2.05, 4.69) is 26.2 Å². The molecule has 87 valence electrons. The van der Waals surface area contributed by atoms with Crippen molar-refractivity contribution in [1.82, 2.24) is 0 Å². The zero-order chi connectivity index (χ0) is 12.3. The van der Waals surface area contributed by atoms with Gasteiger partial charge in [-0.2, -0.15) is 19.6 Å². The Labute approximate surface area is 98.0 Å². The van der Waals surface area contributed by atoms with E-state index in [9.17, 15) is 4.79 Å². The second kappa shape index (κ2) is 4.66. The smallest absolute Gasteiger partial charge is 0.335 e. The van der Waals surface area contributed by atoms with Gasteiger partial charge in [0.15, 0.2) is 0 Å². The maximum Gasteiger partial charge on any atom is 0.335 e. The van der Waals surface area contributed by atoms with E-state index >= 15 is 0 Å². The lowest BCUT2D eigenvalue weighted by Gasteiger charge is -2.31. The number of aryl methyl sites for hydroxylation is 1. The third kappa shape index (κ3) is 2.82. The fraction of sp³-hybridized carbons (Fsp3) is 0.308. The molecule has 16 heavy (non-hydrogen) atoms. The largest absolute Gasteiger partial charge is 0.426 e. The van der Waals surface area contributed by atoms with Gasteiger partial charge in [-0.25, -0.2) is 4.79 Å². The zero-order valence-corrected chi connectivity index (χ0v) is 11.3. The lowest BCUT2D eigenvalue weighted by atomic mass is 10.2. The predicted molar refractivity (Wildman–Crippen MR) is 70.0 cm³/mol. The number of hydrogen-bond acceptors (Lipinski definition) is 2. The Kier molecular flexibility index (Phi) is 3.70. The van der Waals surface area contributed by atoms with Crippen molar-refractivity contribution in [2.45, 2.75) is 26.6 Å². The van der Waals surface area contributed by atoms with Crippen LogP contribution in [0, 0.1) is 6.92 Å². The van der Waals surface area contributed by atoms with Crippen LogP contribution in [-0.4, -0.2) is 14.0 Å². The van der Waals surface area contributed by atoms with Gasteiger partial charge < -0.3 is 4.74 Å². The summed E-state index contributed by atoms with van der Waals surface area (Å²) < 4.78 is 5.33. The van der Waals surface area contributed by atoms with E-state index in [0.29, 0.717) is 5.75 Å². The molecular formula is C13H18O2Si-. The van der Waals surface area contributed by atoms with Crippen molar-refractivity contribution < 1.29 is 9.53 Å². The molecule has 0 saturated carbocycles. The van der Waals surface area contributed by atoms with Crippen LogP contribution in [0.3, 0.4) is 0 Å². The minimum absolute atomic E-state index is 0.395. The average molecular weight is 234 g/mol. The van der Waals surface area contributed by atoms with E-state index in [4.69, 9.17) is 4.74 Å². The van der Waals surface area contributed by atoms with E-state index in [0.717, 1.165) is 5.56 Å². The molecule has 0 bridgehead atoms. The molecule has 0 heterocycles. The summed E-state index contributed by atoms with van der Waals surface area (Å²) in [6, 6.07) is 6.01. The second-order valence-electron chi connectivity index (χ2n) is 4.83. The quantitative estimate of drug-likeness (QED) is 0.348. The van der Waals surface area contributed by atoms with E-state index in [1.807, 2.05) is 25.1 Å². The van der Waals surface area contributed by atoms with Crippen LogP contribution in [0.15, 0.2) is 30.9 Å². The molecule has 0 aliphatic rings. The third-order valence-corrected chi connectivity index (χ3v) is 4.40. The Morgan fingerprint density at radius 3 is 2.50 bits per heavy atom. The number of para-hydroxylation sites is 1. The van der Waals surface area contributed by atoms with E-state index in [1.54, 1.807) is 0 Å². The van der Waals surface area contributed by atoms with Gasteiger partial charge in [0.25, 0.3) is 0 Å². The van der Waals surface area contributed by atoms with E-state index < -0.39 is 14.0 Å². The molecule has 1 aromatic carbocycles. The maximum atomic E-state index is 11.3. The minimum Gasteiger partial charge on any atom is -0.426 e. The first kappa shape index (κ1) is 12.7. The van der Waals surface area contributed by atoms with Gasteiger partial charge in [-0.1, -0.05) is 24.8 Å². The van der Waals surface area contributed by atoms with E-state index in [-0.39, 0.29) is 0 Å². The van der Waals surface area contributed by atoms with Crippen LogP contribution in [0.5, 0.6) is 5.75 Å². The molecule has 0 N–H and O–H groups in total. The Hall–Kier alpha value is -1.35. The number of carbonyl (C=O) groups is 1. The maximum absolute atomic E-state index is 11.3. The van der Waals surface area contributed by atoms with Crippen LogP contribution >= 0.6 is 0 Å². The number of carbonyl (C=O) groups excluding carboxylic acids is 1. The molecule has 2 nitrogen and oxygen atoms in total. The molecule has 0 aliphatic carbocycles. The Bertz CT molecular complexity index is 416. The Morgan fingerprint density at radius 2 is 2.00 bits per heavy atom. The SMILES string of the molecule is C=CC(=O)Oc1c(C)cccc1[Si-](C)(C)C. The standard InChI is InChI=1S/C13H18O2Si/c1-6-12(14)15-13-10(2)8-7-9-11(13)16(3,4)5/h6-9H,1H2,2-5H3/q-1. The molecule has 0 radical (unpaired) electrons. The average Bonchev–Trinajstić information content (AvgIpc) is 2.19. The second-order valence-corrected chi connectivity index (χ2v) is 9.87. The predicted octanol–water partition coefficient (Wildman–Crippen LogP) is 2.63. The highest BCUT2D eigenvalue weighted by Gasteiger charge is 2.13. The molecule has 0 aliphatic heterocycles. The van der Waals surface area contributed by atoms with Crippen molar-refractivity contribution in [2.75, 3.05) is 0 Å². The van der Waals surface area contributed by atoms with Crippen LogP contribution in [0.4, 0.5) is 0 Å². The van der Waals surface area contributed by atoms with Crippen molar-refractivity contribution >= 4 is 19.2 Å². The summed E-state index contributed by atoms with van der Waals surface area (Å²) in [5.74, 6) is 0.320. The zero-order valence-electron chi connectivity index (χ0n) is 10.3. The minimum atomic E-state index is -1.50. The molecule has 0 fully saturated rings. The molecule has 0 atom stereocenters. The molecule has 0 unspecified atom stereocenters. The van der Waals surface area contributed by atoms with E-state index in [1.165, 1.54) is 11.3 Å². The summed E-state index contributed by atoms with van der Waals surface area (Å²) in [5.41, 5.74) is 0.995. The van der Waals surface area contributed by atoms with Gasteiger partial charge in [-0.3, -0.25) is 0 Å². The third-order valence-electron chi connectivity index (χ3n) is 2.39. The van der Waals surface area contributed by atoms with Gasteiger partial charge >= 0.3 is 5.97 Å². The number of ether oxygens (including phenoxy) is 1. The van der Waals surface area contributed by atoms with Gasteiger partial charge in [0.2, 0.25) is 0 Å². The lowest BCUT2D eigenvalue weighted by Crippen LogP contribution is -2.39. The highest BCUT2D eigenvalue weighted by Crippen LogP contribution is 2.19. The molecule has 1 aromatic rings. The summed E-state index contributed by atoms with van der Waals surface area (Å²) in [6.45, 7) is 12.1. The number of esters is 1. The van der Waals surface area contributed by atoms with Crippen molar-refractivity contribution in [2.24, 2.45) is 0 Å². The highest BCUT2D eigenvalue weighted by atomic mass is 28.3. The number of hydrogen-bond donors (Lipinski definition) is 0. The molecule has 1 rings (SSSR count). The Morgan fingerprint density at radius 1 is 1.38 bits per heavy atom. The van der Waals surface area contributed by atoms with Crippen LogP contribution in [-0.2, 0) is 4.79 Å². The van der Waals surface area contributed by atoms with Crippen LogP contribution in [0.1, 0.15) is 5.56 Å². The van der Waals surface area contributed by atoms with Gasteiger partial charge in [0.1, 0.15) is 5.75 Å². The summed E-state index contributed by atoms with van der Waals surface area (Å²) in [5, 5.41) is 1.17. The van der Waals surface area contributed by atoms with Crippen LogP contribution < -0.4 is 9.92 Å². The Balaban J connectivity index is 3.24. The molecule has 0 aromatic heterocycles. The van der Waals surface area contributed by atoms with Gasteiger partial charge in [-0.15, -0.1) is 13.3 Å². The fourth-order valence-electron chi connectivity index (χ4n) is 1.52. The summed E-state index contributed by atoms with van der Waals surface area (Å²) in [4.78, 5) is 11.3. The number of benzene rings is 1. The first-order chi connectivity index (χ1) is 7.36. The molecule has 3 heteroatoms. The summed E-state index contributed by atoms with van der Waals surface area (Å²) >= 11 is 0. The molecule has 0 spiro atoms. The van der Waals surface area contributed by atoms with Crippen molar-refractivity contribution in [1.29, 1.82) is 0 Å². The van der Waals surface area contributed by atoms with Crippen LogP contribution in [0.2, 0.25) is 19.6 Å². The summed E-state index contributed by atoms with van der Waals surface area (Å²) in [6.07, 6.45) is 1.19. The molecular weight excluding hydrogens is 216 g/mol. The van der Waals surface area contributed by atoms with Gasteiger partial charge in [0, 0.05) is 6.08 Å². The first-order valence-corrected chi connectivity index (χ1v) is 8.80. The molecule has 0 amide bonds. The monoisotopic (exact) mass is 234 g/mol.